The van der Waals surface area contributed by atoms with Crippen molar-refractivity contribution < 1.29 is 24.6 Å². The van der Waals surface area contributed by atoms with Crippen molar-refractivity contribution in [3.05, 3.63) is 0 Å². The lowest BCUT2D eigenvalue weighted by molar-refractivity contribution is -0.141. The lowest BCUT2D eigenvalue weighted by atomic mass is 10.1. The Morgan fingerprint density at radius 2 is 1.71 bits per heavy atom. The minimum absolute atomic E-state index is 0.101. The van der Waals surface area contributed by atoms with E-state index in [0.717, 1.165) is 0 Å². The Labute approximate surface area is 139 Å². The summed E-state index contributed by atoms with van der Waals surface area (Å²) in [5.74, 6) is -2.72. The molecule has 10 N–H and O–H groups in total. The number of hydrogen-bond acceptors (Lipinski definition) is 6. The third-order valence-corrected chi connectivity index (χ3v) is 3.13. The second-order valence-corrected chi connectivity index (χ2v) is 5.34. The quantitative estimate of drug-likeness (QED) is 0.122. The van der Waals surface area contributed by atoms with E-state index in [0.29, 0.717) is 6.42 Å². The van der Waals surface area contributed by atoms with Gasteiger partial charge in [-0.1, -0.05) is 0 Å². The molecule has 4 atom stereocenters. The molecule has 24 heavy (non-hydrogen) atoms. The van der Waals surface area contributed by atoms with Gasteiger partial charge in [-0.05, 0) is 26.7 Å². The Kier molecular flexibility index (Phi) is 9.35. The molecule has 0 fully saturated rings. The summed E-state index contributed by atoms with van der Waals surface area (Å²) in [6.45, 7) is 2.86. The van der Waals surface area contributed by atoms with E-state index in [4.69, 9.17) is 22.3 Å². The molecule has 0 aromatic carbocycles. The molecule has 0 saturated heterocycles. The number of carbonyl (C=O) groups excluding carboxylic acids is 2. The molecular weight excluding hydrogens is 320 g/mol. The lowest BCUT2D eigenvalue weighted by Crippen LogP contribution is -2.55. The third-order valence-electron chi connectivity index (χ3n) is 3.13. The highest BCUT2D eigenvalue weighted by molar-refractivity contribution is 5.91. The lowest BCUT2D eigenvalue weighted by Gasteiger charge is -2.22. The van der Waals surface area contributed by atoms with Crippen LogP contribution in [-0.2, 0) is 14.4 Å². The largest absolute Gasteiger partial charge is 0.480 e. The van der Waals surface area contributed by atoms with E-state index in [-0.39, 0.29) is 18.9 Å². The fourth-order valence-electron chi connectivity index (χ4n) is 1.64. The van der Waals surface area contributed by atoms with Gasteiger partial charge in [0.15, 0.2) is 5.96 Å². The summed E-state index contributed by atoms with van der Waals surface area (Å²) in [6, 6.07) is -3.37. The van der Waals surface area contributed by atoms with Gasteiger partial charge in [0.1, 0.15) is 18.1 Å². The molecule has 0 rings (SSSR count). The highest BCUT2D eigenvalue weighted by atomic mass is 16.4. The van der Waals surface area contributed by atoms with Crippen LogP contribution in [0, 0.1) is 0 Å². The number of nitrogens with zero attached hydrogens (tertiary/aromatic N) is 1. The van der Waals surface area contributed by atoms with Crippen molar-refractivity contribution >= 4 is 23.7 Å². The first-order valence-corrected chi connectivity index (χ1v) is 7.38. The van der Waals surface area contributed by atoms with Gasteiger partial charge < -0.3 is 38.0 Å². The molecule has 11 nitrogen and oxygen atoms in total. The number of hydrogen-bond donors (Lipinski definition) is 7. The van der Waals surface area contributed by atoms with Crippen LogP contribution in [0.3, 0.4) is 0 Å². The van der Waals surface area contributed by atoms with Crippen LogP contribution in [0.5, 0.6) is 0 Å². The smallest absolute Gasteiger partial charge is 0.325 e. The number of carboxylic acid groups (broad SMARTS) is 1. The van der Waals surface area contributed by atoms with Crippen molar-refractivity contribution in [3.8, 4) is 0 Å². The molecule has 0 radical (unpaired) electrons. The number of amides is 2. The molecule has 11 heteroatoms. The molecule has 0 bridgehead atoms. The van der Waals surface area contributed by atoms with Crippen LogP contribution >= 0.6 is 0 Å². The van der Waals surface area contributed by atoms with Gasteiger partial charge in [-0.2, -0.15) is 0 Å². The Morgan fingerprint density at radius 3 is 2.17 bits per heavy atom. The third kappa shape index (κ3) is 8.29. The van der Waals surface area contributed by atoms with E-state index in [1.54, 1.807) is 0 Å². The average molecular weight is 346 g/mol. The predicted molar refractivity (Wildman–Crippen MR) is 86.7 cm³/mol. The number of aliphatic carboxylic acids is 1. The highest BCUT2D eigenvalue weighted by Crippen LogP contribution is 2.01. The van der Waals surface area contributed by atoms with Gasteiger partial charge in [0.2, 0.25) is 11.8 Å². The SMILES string of the molecule is CC(NC(=O)C(CCCN=C(N)N)NC(=O)C(N)C(C)O)C(=O)O. The monoisotopic (exact) mass is 346 g/mol. The van der Waals surface area contributed by atoms with Gasteiger partial charge in [-0.25, -0.2) is 0 Å². The zero-order valence-corrected chi connectivity index (χ0v) is 13.7. The second kappa shape index (κ2) is 10.4. The fourth-order valence-corrected chi connectivity index (χ4v) is 1.64. The molecule has 0 aromatic rings. The summed E-state index contributed by atoms with van der Waals surface area (Å²) in [5, 5.41) is 22.8. The van der Waals surface area contributed by atoms with Gasteiger partial charge in [-0.3, -0.25) is 19.4 Å². The van der Waals surface area contributed by atoms with Crippen molar-refractivity contribution in [2.45, 2.75) is 50.9 Å². The zero-order chi connectivity index (χ0) is 18.9. The van der Waals surface area contributed by atoms with Crippen LogP contribution in [0.1, 0.15) is 26.7 Å². The van der Waals surface area contributed by atoms with Crippen molar-refractivity contribution in [1.29, 1.82) is 0 Å². The Hall–Kier alpha value is -2.40. The molecule has 0 aliphatic rings. The first kappa shape index (κ1) is 21.6. The average Bonchev–Trinajstić information content (AvgIpc) is 2.48. The summed E-state index contributed by atoms with van der Waals surface area (Å²) in [7, 11) is 0. The van der Waals surface area contributed by atoms with Gasteiger partial charge in [0.25, 0.3) is 0 Å². The standard InChI is InChI=1S/C13H26N6O5/c1-6(12(23)24)18-10(21)8(4-3-5-17-13(15)16)19-11(22)9(14)7(2)20/h6-9,20H,3-5,14H2,1-2H3,(H,18,21)(H,19,22)(H,23,24)(H4,15,16,17). The number of guanidine groups is 1. The maximum absolute atomic E-state index is 12.1. The number of aliphatic hydroxyl groups is 1. The van der Waals surface area contributed by atoms with Crippen LogP contribution in [0.2, 0.25) is 0 Å². The van der Waals surface area contributed by atoms with Crippen LogP contribution in [0.25, 0.3) is 0 Å². The Bertz CT molecular complexity index is 477. The summed E-state index contributed by atoms with van der Waals surface area (Å²) in [6.07, 6.45) is -0.581. The molecular formula is C13H26N6O5. The van der Waals surface area contributed by atoms with Crippen LogP contribution in [0.15, 0.2) is 4.99 Å². The predicted octanol–water partition coefficient (Wildman–Crippen LogP) is -3.18. The normalized spacial score (nSPS) is 15.5. The van der Waals surface area contributed by atoms with E-state index in [9.17, 15) is 19.5 Å². The molecule has 0 aliphatic heterocycles. The molecule has 0 saturated carbocycles. The van der Waals surface area contributed by atoms with E-state index >= 15 is 0 Å². The number of nitrogens with two attached hydrogens (primary N) is 3. The van der Waals surface area contributed by atoms with Gasteiger partial charge >= 0.3 is 5.97 Å². The summed E-state index contributed by atoms with van der Waals surface area (Å²) in [5.41, 5.74) is 15.9. The van der Waals surface area contributed by atoms with E-state index in [1.807, 2.05) is 0 Å². The first-order valence-electron chi connectivity index (χ1n) is 7.38. The van der Waals surface area contributed by atoms with Crippen LogP contribution < -0.4 is 27.8 Å². The summed E-state index contributed by atoms with van der Waals surface area (Å²) in [4.78, 5) is 38.6. The Balaban J connectivity index is 4.87. The van der Waals surface area contributed by atoms with Crippen LogP contribution in [-0.4, -0.2) is 64.7 Å². The number of carbonyl (C=O) groups is 3. The molecule has 4 unspecified atom stereocenters. The Morgan fingerprint density at radius 1 is 1.12 bits per heavy atom. The number of aliphatic hydroxyl groups excluding tert-OH is 1. The van der Waals surface area contributed by atoms with Crippen molar-refractivity contribution in [2.75, 3.05) is 6.54 Å². The van der Waals surface area contributed by atoms with E-state index in [2.05, 4.69) is 15.6 Å². The molecule has 138 valence electrons. The maximum atomic E-state index is 12.1. The summed E-state index contributed by atoms with van der Waals surface area (Å²) >= 11 is 0. The minimum atomic E-state index is -1.21. The second-order valence-electron chi connectivity index (χ2n) is 5.34. The number of aliphatic imine (C=N–C) groups is 1. The van der Waals surface area contributed by atoms with E-state index in [1.165, 1.54) is 13.8 Å². The molecule has 0 spiro atoms. The molecule has 0 aromatic heterocycles. The van der Waals surface area contributed by atoms with Gasteiger partial charge in [0, 0.05) is 6.54 Å². The van der Waals surface area contributed by atoms with Gasteiger partial charge in [0.05, 0.1) is 6.10 Å². The van der Waals surface area contributed by atoms with Crippen molar-refractivity contribution in [3.63, 3.8) is 0 Å². The zero-order valence-electron chi connectivity index (χ0n) is 13.7. The fraction of sp³-hybridized carbons (Fsp3) is 0.692. The topological polar surface area (TPSA) is 206 Å². The number of rotatable bonds is 10. The minimum Gasteiger partial charge on any atom is -0.480 e. The van der Waals surface area contributed by atoms with Crippen molar-refractivity contribution in [2.24, 2.45) is 22.2 Å². The molecule has 0 heterocycles. The first-order chi connectivity index (χ1) is 11.1. The van der Waals surface area contributed by atoms with Gasteiger partial charge in [-0.15, -0.1) is 0 Å². The highest BCUT2D eigenvalue weighted by Gasteiger charge is 2.27. The molecule has 2 amide bonds. The summed E-state index contributed by atoms with van der Waals surface area (Å²) < 4.78 is 0. The number of carboxylic acids is 1. The van der Waals surface area contributed by atoms with E-state index < -0.39 is 42.0 Å². The van der Waals surface area contributed by atoms with Crippen molar-refractivity contribution in [1.82, 2.24) is 10.6 Å². The number of nitrogens with one attached hydrogen (secondary N) is 2. The van der Waals surface area contributed by atoms with Crippen LogP contribution in [0.4, 0.5) is 0 Å². The molecule has 0 aliphatic carbocycles. The maximum Gasteiger partial charge on any atom is 0.325 e.